The second-order valence-corrected chi connectivity index (χ2v) is 7.20. The number of nitrogens with two attached hydrogens (primary N) is 1. The van der Waals surface area contributed by atoms with Crippen molar-refractivity contribution >= 4 is 11.6 Å². The number of amides is 1. The minimum atomic E-state index is -0.167. The third-order valence-corrected chi connectivity index (χ3v) is 4.76. The van der Waals surface area contributed by atoms with E-state index in [1.807, 2.05) is 32.9 Å². The zero-order valence-corrected chi connectivity index (χ0v) is 17.0. The van der Waals surface area contributed by atoms with E-state index in [1.54, 1.807) is 42.5 Å². The Morgan fingerprint density at radius 2 is 1.86 bits per heavy atom. The largest absolute Gasteiger partial charge is 0.348 e. The van der Waals surface area contributed by atoms with Gasteiger partial charge in [-0.05, 0) is 38.5 Å². The quantitative estimate of drug-likeness (QED) is 0.555. The first kappa shape index (κ1) is 20.3. The van der Waals surface area contributed by atoms with Gasteiger partial charge in [-0.15, -0.1) is 0 Å². The molecule has 8 heteroatoms. The molecule has 2 heterocycles. The van der Waals surface area contributed by atoms with Crippen molar-refractivity contribution in [3.63, 3.8) is 0 Å². The lowest BCUT2D eigenvalue weighted by molar-refractivity contribution is 0.0936. The molecule has 0 radical (unpaired) electrons. The molecule has 3 aromatic rings. The minimum absolute atomic E-state index is 0.118. The zero-order chi connectivity index (χ0) is 21.1. The topological polar surface area (TPSA) is 123 Å². The SMILES string of the molecule is Cc1cnc(C(=N)c2cnn(C)c2)nc1-c1ccc(C(=O)N[C@@H](C)[C@@H](C)N)cc1. The molecule has 1 amide bonds. The highest BCUT2D eigenvalue weighted by molar-refractivity contribution is 6.08. The normalized spacial score (nSPS) is 13.0. The standard InChI is InChI=1S/C21H25N7O/c1-12-9-24-20(18(23)17-10-25-28(4)11-17)27-19(12)15-5-7-16(8-6-15)21(29)26-14(3)13(2)22/h5-11,13-14,23H,22H2,1-4H3,(H,26,29)/t13-,14+/m1/s1. The van der Waals surface area contributed by atoms with Crippen molar-refractivity contribution in [1.29, 1.82) is 5.41 Å². The molecule has 1 aromatic carbocycles. The predicted octanol–water partition coefficient (Wildman–Crippen LogP) is 2.07. The van der Waals surface area contributed by atoms with Gasteiger partial charge in [-0.2, -0.15) is 5.10 Å². The lowest BCUT2D eigenvalue weighted by Gasteiger charge is -2.17. The van der Waals surface area contributed by atoms with Crippen molar-refractivity contribution in [2.45, 2.75) is 32.9 Å². The number of carbonyl (C=O) groups is 1. The van der Waals surface area contributed by atoms with Gasteiger partial charge in [0.2, 0.25) is 0 Å². The van der Waals surface area contributed by atoms with Crippen LogP contribution in [-0.2, 0) is 7.05 Å². The number of nitrogens with zero attached hydrogens (tertiary/aromatic N) is 4. The zero-order valence-electron chi connectivity index (χ0n) is 17.0. The van der Waals surface area contributed by atoms with Crippen LogP contribution in [0.25, 0.3) is 11.3 Å². The molecular weight excluding hydrogens is 366 g/mol. The predicted molar refractivity (Wildman–Crippen MR) is 112 cm³/mol. The Morgan fingerprint density at radius 3 is 2.45 bits per heavy atom. The van der Waals surface area contributed by atoms with E-state index in [2.05, 4.69) is 20.4 Å². The molecule has 0 aliphatic carbocycles. The number of hydrogen-bond donors (Lipinski definition) is 3. The van der Waals surface area contributed by atoms with E-state index in [0.29, 0.717) is 17.0 Å². The number of carbonyl (C=O) groups excluding carboxylic acids is 1. The number of aryl methyl sites for hydroxylation is 2. The summed E-state index contributed by atoms with van der Waals surface area (Å²) < 4.78 is 1.63. The minimum Gasteiger partial charge on any atom is -0.348 e. The molecular formula is C21H25N7O. The second-order valence-electron chi connectivity index (χ2n) is 7.20. The van der Waals surface area contributed by atoms with Gasteiger partial charge in [0.1, 0.15) is 5.71 Å². The molecule has 0 bridgehead atoms. The number of nitrogens with one attached hydrogen (secondary N) is 2. The van der Waals surface area contributed by atoms with Crippen molar-refractivity contribution in [1.82, 2.24) is 25.1 Å². The summed E-state index contributed by atoms with van der Waals surface area (Å²) in [5.74, 6) is 0.158. The van der Waals surface area contributed by atoms with Crippen LogP contribution in [0.4, 0.5) is 0 Å². The summed E-state index contributed by atoms with van der Waals surface area (Å²) in [6.45, 7) is 5.64. The van der Waals surface area contributed by atoms with Crippen LogP contribution in [0, 0.1) is 12.3 Å². The van der Waals surface area contributed by atoms with Crippen LogP contribution in [0.3, 0.4) is 0 Å². The fourth-order valence-corrected chi connectivity index (χ4v) is 2.74. The van der Waals surface area contributed by atoms with Crippen LogP contribution in [0.1, 0.15) is 41.2 Å². The van der Waals surface area contributed by atoms with E-state index in [4.69, 9.17) is 11.1 Å². The summed E-state index contributed by atoms with van der Waals surface area (Å²) in [6, 6.07) is 6.96. The van der Waals surface area contributed by atoms with E-state index in [-0.39, 0.29) is 23.7 Å². The first-order valence-electron chi connectivity index (χ1n) is 9.34. The Labute approximate surface area is 169 Å². The Balaban J connectivity index is 1.85. The molecule has 2 atom stereocenters. The molecule has 150 valence electrons. The van der Waals surface area contributed by atoms with Crippen LogP contribution in [0.2, 0.25) is 0 Å². The summed E-state index contributed by atoms with van der Waals surface area (Å²) in [5, 5.41) is 15.3. The molecule has 0 saturated heterocycles. The highest BCUT2D eigenvalue weighted by atomic mass is 16.1. The lowest BCUT2D eigenvalue weighted by Crippen LogP contribution is -2.43. The third-order valence-electron chi connectivity index (χ3n) is 4.76. The first-order valence-corrected chi connectivity index (χ1v) is 9.34. The fourth-order valence-electron chi connectivity index (χ4n) is 2.74. The molecule has 2 aromatic heterocycles. The Hall–Kier alpha value is -3.39. The van der Waals surface area contributed by atoms with E-state index in [0.717, 1.165) is 16.8 Å². The van der Waals surface area contributed by atoms with Crippen molar-refractivity contribution in [3.05, 3.63) is 65.4 Å². The monoisotopic (exact) mass is 391 g/mol. The molecule has 8 nitrogen and oxygen atoms in total. The fraction of sp³-hybridized carbons (Fsp3) is 0.286. The van der Waals surface area contributed by atoms with Gasteiger partial charge in [0, 0.05) is 48.2 Å². The summed E-state index contributed by atoms with van der Waals surface area (Å²) in [7, 11) is 1.80. The average molecular weight is 391 g/mol. The van der Waals surface area contributed by atoms with Crippen LogP contribution < -0.4 is 11.1 Å². The summed E-state index contributed by atoms with van der Waals surface area (Å²) >= 11 is 0. The number of hydrogen-bond acceptors (Lipinski definition) is 6. The molecule has 0 saturated carbocycles. The lowest BCUT2D eigenvalue weighted by atomic mass is 10.0. The molecule has 29 heavy (non-hydrogen) atoms. The van der Waals surface area contributed by atoms with Gasteiger partial charge >= 0.3 is 0 Å². The molecule has 0 aliphatic rings. The maximum Gasteiger partial charge on any atom is 0.251 e. The Kier molecular flexibility index (Phi) is 5.84. The molecule has 0 aliphatic heterocycles. The van der Waals surface area contributed by atoms with Crippen LogP contribution in [0.15, 0.2) is 42.9 Å². The molecule has 0 fully saturated rings. The van der Waals surface area contributed by atoms with Crippen molar-refractivity contribution in [3.8, 4) is 11.3 Å². The highest BCUT2D eigenvalue weighted by Gasteiger charge is 2.15. The smallest absolute Gasteiger partial charge is 0.251 e. The van der Waals surface area contributed by atoms with Gasteiger partial charge in [0.25, 0.3) is 5.91 Å². The van der Waals surface area contributed by atoms with Crippen molar-refractivity contribution < 1.29 is 4.79 Å². The summed E-state index contributed by atoms with van der Waals surface area (Å²) in [5.41, 5.74) is 9.68. The highest BCUT2D eigenvalue weighted by Crippen LogP contribution is 2.22. The van der Waals surface area contributed by atoms with Gasteiger partial charge in [-0.1, -0.05) is 12.1 Å². The van der Waals surface area contributed by atoms with Gasteiger partial charge < -0.3 is 11.1 Å². The van der Waals surface area contributed by atoms with Crippen LogP contribution in [-0.4, -0.2) is 43.5 Å². The van der Waals surface area contributed by atoms with Crippen LogP contribution in [0.5, 0.6) is 0 Å². The van der Waals surface area contributed by atoms with E-state index < -0.39 is 0 Å². The molecule has 0 spiro atoms. The average Bonchev–Trinajstić information content (AvgIpc) is 3.14. The third kappa shape index (κ3) is 4.55. The van der Waals surface area contributed by atoms with E-state index >= 15 is 0 Å². The second kappa shape index (κ2) is 8.32. The van der Waals surface area contributed by atoms with E-state index in [1.165, 1.54) is 0 Å². The van der Waals surface area contributed by atoms with Crippen molar-refractivity contribution in [2.75, 3.05) is 0 Å². The summed E-state index contributed by atoms with van der Waals surface area (Å²) in [6.07, 6.45) is 5.07. The van der Waals surface area contributed by atoms with Crippen LogP contribution >= 0.6 is 0 Å². The Morgan fingerprint density at radius 1 is 1.17 bits per heavy atom. The van der Waals surface area contributed by atoms with Gasteiger partial charge in [-0.25, -0.2) is 9.97 Å². The molecule has 0 unspecified atom stereocenters. The van der Waals surface area contributed by atoms with Gasteiger partial charge in [0.15, 0.2) is 5.82 Å². The Bertz CT molecular complexity index is 1040. The van der Waals surface area contributed by atoms with Gasteiger partial charge in [-0.3, -0.25) is 14.9 Å². The number of benzene rings is 1. The van der Waals surface area contributed by atoms with Crippen molar-refractivity contribution in [2.24, 2.45) is 12.8 Å². The summed E-state index contributed by atoms with van der Waals surface area (Å²) in [4.78, 5) is 21.2. The maximum absolute atomic E-state index is 12.3. The van der Waals surface area contributed by atoms with Gasteiger partial charge in [0.05, 0.1) is 11.9 Å². The molecule has 4 N–H and O–H groups in total. The van der Waals surface area contributed by atoms with E-state index in [9.17, 15) is 4.79 Å². The number of aromatic nitrogens is 4. The maximum atomic E-state index is 12.3. The molecule has 3 rings (SSSR count). The first-order chi connectivity index (χ1) is 13.8. The number of rotatable bonds is 6.